The maximum absolute atomic E-state index is 12.5. The van der Waals surface area contributed by atoms with Crippen LogP contribution in [0.3, 0.4) is 0 Å². The molecule has 0 aromatic heterocycles. The molecule has 2 saturated heterocycles. The van der Waals surface area contributed by atoms with Gasteiger partial charge in [0.25, 0.3) is 0 Å². The fraction of sp³-hybridized carbons (Fsp3) is 0.650. The molecule has 24 heavy (non-hydrogen) atoms. The molecule has 1 N–H and O–H groups in total. The summed E-state index contributed by atoms with van der Waals surface area (Å²) in [5.41, 5.74) is 1.56. The highest BCUT2D eigenvalue weighted by atomic mass is 79.9. The maximum Gasteiger partial charge on any atom is 0.223 e. The molecule has 0 radical (unpaired) electrons. The Kier molecular flexibility index (Phi) is 4.70. The normalized spacial score (nSPS) is 33.0. The summed E-state index contributed by atoms with van der Waals surface area (Å²) >= 11 is 3.50. The van der Waals surface area contributed by atoms with E-state index in [1.807, 2.05) is 0 Å². The maximum atomic E-state index is 12.5. The van der Waals surface area contributed by atoms with Crippen LogP contribution in [0, 0.1) is 5.92 Å². The van der Waals surface area contributed by atoms with Crippen molar-refractivity contribution in [2.24, 2.45) is 5.92 Å². The van der Waals surface area contributed by atoms with Crippen molar-refractivity contribution >= 4 is 21.8 Å². The predicted molar refractivity (Wildman–Crippen MR) is 99.6 cm³/mol. The van der Waals surface area contributed by atoms with Gasteiger partial charge < -0.3 is 10.2 Å². The molecular weight excluding hydrogens is 364 g/mol. The van der Waals surface area contributed by atoms with Crippen molar-refractivity contribution in [3.63, 3.8) is 0 Å². The van der Waals surface area contributed by atoms with Crippen molar-refractivity contribution in [2.75, 3.05) is 6.54 Å². The van der Waals surface area contributed by atoms with E-state index in [1.165, 1.54) is 44.1 Å². The van der Waals surface area contributed by atoms with Crippen LogP contribution >= 0.6 is 15.9 Å². The van der Waals surface area contributed by atoms with Crippen LogP contribution in [-0.2, 0) is 11.3 Å². The SMILES string of the molecule is O=C1CCC[C@H]2C[C@H](NCc3ccc(Br)cc3)CC[C@]23CCCN13. The lowest BCUT2D eigenvalue weighted by Gasteiger charge is -2.48. The molecule has 3 fully saturated rings. The molecule has 1 aromatic carbocycles. The molecule has 1 saturated carbocycles. The smallest absolute Gasteiger partial charge is 0.223 e. The van der Waals surface area contributed by atoms with Crippen LogP contribution in [0.2, 0.25) is 0 Å². The molecule has 1 amide bonds. The summed E-state index contributed by atoms with van der Waals surface area (Å²) in [4.78, 5) is 14.8. The Bertz CT molecular complexity index is 602. The number of nitrogens with zero attached hydrogens (tertiary/aromatic N) is 1. The first-order chi connectivity index (χ1) is 11.7. The number of halogens is 1. The molecule has 1 aromatic rings. The lowest BCUT2D eigenvalue weighted by molar-refractivity contribution is -0.137. The average Bonchev–Trinajstić information content (AvgIpc) is 2.96. The Hall–Kier alpha value is -0.870. The first-order valence-electron chi connectivity index (χ1n) is 9.46. The lowest BCUT2D eigenvalue weighted by Crippen LogP contribution is -2.55. The third-order valence-corrected chi connectivity index (χ3v) is 7.06. The number of hydrogen-bond donors (Lipinski definition) is 1. The number of rotatable bonds is 3. The summed E-state index contributed by atoms with van der Waals surface area (Å²) in [6.07, 6.45) is 9.18. The Morgan fingerprint density at radius 2 is 2.00 bits per heavy atom. The number of amides is 1. The van der Waals surface area contributed by atoms with E-state index in [0.717, 1.165) is 30.4 Å². The van der Waals surface area contributed by atoms with Crippen molar-refractivity contribution in [3.05, 3.63) is 34.3 Å². The third kappa shape index (κ3) is 3.03. The van der Waals surface area contributed by atoms with Gasteiger partial charge in [0.2, 0.25) is 5.91 Å². The van der Waals surface area contributed by atoms with Crippen LogP contribution in [0.5, 0.6) is 0 Å². The number of carbonyl (C=O) groups is 1. The quantitative estimate of drug-likeness (QED) is 0.836. The fourth-order valence-electron chi connectivity index (χ4n) is 5.34. The summed E-state index contributed by atoms with van der Waals surface area (Å²) in [6.45, 7) is 1.95. The molecule has 3 atom stereocenters. The van der Waals surface area contributed by atoms with Crippen molar-refractivity contribution in [1.29, 1.82) is 0 Å². The summed E-state index contributed by atoms with van der Waals surface area (Å²) in [5.74, 6) is 1.12. The second kappa shape index (κ2) is 6.80. The largest absolute Gasteiger partial charge is 0.337 e. The van der Waals surface area contributed by atoms with Crippen LogP contribution in [0.4, 0.5) is 0 Å². The monoisotopic (exact) mass is 390 g/mol. The van der Waals surface area contributed by atoms with Crippen molar-refractivity contribution in [1.82, 2.24) is 10.2 Å². The second-order valence-corrected chi connectivity index (χ2v) is 8.74. The molecule has 1 aliphatic carbocycles. The molecule has 3 nitrogen and oxygen atoms in total. The van der Waals surface area contributed by atoms with Crippen molar-refractivity contribution < 1.29 is 4.79 Å². The Morgan fingerprint density at radius 1 is 1.17 bits per heavy atom. The topological polar surface area (TPSA) is 32.3 Å². The van der Waals surface area contributed by atoms with E-state index in [-0.39, 0.29) is 5.54 Å². The Balaban J connectivity index is 1.41. The summed E-state index contributed by atoms with van der Waals surface area (Å²) in [6, 6.07) is 9.19. The number of carbonyl (C=O) groups excluding carboxylic acids is 1. The van der Waals surface area contributed by atoms with E-state index >= 15 is 0 Å². The molecule has 0 unspecified atom stereocenters. The van der Waals surface area contributed by atoms with E-state index in [0.29, 0.717) is 17.9 Å². The van der Waals surface area contributed by atoms with E-state index in [1.54, 1.807) is 0 Å². The van der Waals surface area contributed by atoms with Gasteiger partial charge in [-0.2, -0.15) is 0 Å². The molecule has 2 aliphatic heterocycles. The van der Waals surface area contributed by atoms with Gasteiger partial charge in [-0.1, -0.05) is 28.1 Å². The van der Waals surface area contributed by atoms with Gasteiger partial charge in [0.15, 0.2) is 0 Å². The highest BCUT2D eigenvalue weighted by Crippen LogP contribution is 2.49. The predicted octanol–water partition coefficient (Wildman–Crippen LogP) is 4.25. The molecule has 130 valence electrons. The van der Waals surface area contributed by atoms with Crippen LogP contribution < -0.4 is 5.32 Å². The number of hydrogen-bond acceptors (Lipinski definition) is 2. The van der Waals surface area contributed by atoms with E-state index < -0.39 is 0 Å². The van der Waals surface area contributed by atoms with Crippen LogP contribution in [0.25, 0.3) is 0 Å². The van der Waals surface area contributed by atoms with Crippen molar-refractivity contribution in [2.45, 2.75) is 69.5 Å². The van der Waals surface area contributed by atoms with Crippen molar-refractivity contribution in [3.8, 4) is 0 Å². The summed E-state index contributed by atoms with van der Waals surface area (Å²) in [7, 11) is 0. The Morgan fingerprint density at radius 3 is 2.83 bits per heavy atom. The lowest BCUT2D eigenvalue weighted by atomic mass is 9.68. The van der Waals surface area contributed by atoms with Gasteiger partial charge in [-0.3, -0.25) is 4.79 Å². The van der Waals surface area contributed by atoms with Gasteiger partial charge in [0.05, 0.1) is 0 Å². The van der Waals surface area contributed by atoms with Crippen LogP contribution in [-0.4, -0.2) is 28.9 Å². The number of nitrogens with one attached hydrogen (secondary N) is 1. The van der Waals surface area contributed by atoms with E-state index in [4.69, 9.17) is 0 Å². The molecular formula is C20H27BrN2O. The zero-order chi connectivity index (χ0) is 16.6. The molecule has 3 aliphatic rings. The molecule has 4 rings (SSSR count). The molecule has 4 heteroatoms. The first kappa shape index (κ1) is 16.6. The second-order valence-electron chi connectivity index (χ2n) is 7.82. The average molecular weight is 391 g/mol. The van der Waals surface area contributed by atoms with Gasteiger partial charge in [0.1, 0.15) is 0 Å². The Labute approximate surface area is 153 Å². The molecule has 0 bridgehead atoms. The summed E-state index contributed by atoms with van der Waals surface area (Å²) < 4.78 is 1.13. The third-order valence-electron chi connectivity index (χ3n) is 6.54. The minimum atomic E-state index is 0.212. The standard InChI is InChI=1S/C20H27BrN2O/c21-17-7-5-15(6-8-17)14-22-18-9-11-20-10-2-12-23(20)19(24)4-1-3-16(20)13-18/h5-8,16,18,22H,1-4,9-14H2/t16-,18+,20+/m0/s1. The fourth-order valence-corrected chi connectivity index (χ4v) is 5.60. The zero-order valence-corrected chi connectivity index (χ0v) is 15.9. The van der Waals surface area contributed by atoms with Crippen LogP contribution in [0.1, 0.15) is 56.9 Å². The highest BCUT2D eigenvalue weighted by molar-refractivity contribution is 9.10. The van der Waals surface area contributed by atoms with Gasteiger partial charge in [0, 0.05) is 35.6 Å². The summed E-state index contributed by atoms with van der Waals surface area (Å²) in [5, 5.41) is 3.78. The minimum Gasteiger partial charge on any atom is -0.337 e. The van der Waals surface area contributed by atoms with Gasteiger partial charge in [-0.05, 0) is 68.6 Å². The van der Waals surface area contributed by atoms with Gasteiger partial charge in [-0.15, -0.1) is 0 Å². The minimum absolute atomic E-state index is 0.212. The van der Waals surface area contributed by atoms with E-state index in [2.05, 4.69) is 50.4 Å². The highest BCUT2D eigenvalue weighted by Gasteiger charge is 2.52. The number of benzene rings is 1. The zero-order valence-electron chi connectivity index (χ0n) is 14.3. The molecule has 2 heterocycles. The van der Waals surface area contributed by atoms with Crippen LogP contribution in [0.15, 0.2) is 28.7 Å². The van der Waals surface area contributed by atoms with Gasteiger partial charge in [-0.25, -0.2) is 0 Å². The van der Waals surface area contributed by atoms with Gasteiger partial charge >= 0.3 is 0 Å². The first-order valence-corrected chi connectivity index (χ1v) is 10.2. The molecule has 1 spiro atoms. The van der Waals surface area contributed by atoms with E-state index in [9.17, 15) is 4.79 Å².